The van der Waals surface area contributed by atoms with Gasteiger partial charge in [0.15, 0.2) is 0 Å². The highest BCUT2D eigenvalue weighted by Gasteiger charge is 1.99. The molecule has 0 aliphatic rings. The molecule has 2 aromatic heterocycles. The summed E-state index contributed by atoms with van der Waals surface area (Å²) in [6.45, 7) is 0.361. The smallest absolute Gasteiger partial charge is 0.340 e. The molecule has 7 nitrogen and oxygen atoms in total. The number of aromatic nitrogens is 5. The van der Waals surface area contributed by atoms with E-state index in [1.807, 2.05) is 0 Å². The summed E-state index contributed by atoms with van der Waals surface area (Å²) in [5.41, 5.74) is -0.330. The topological polar surface area (TPSA) is 99.3 Å². The number of aromatic amines is 2. The van der Waals surface area contributed by atoms with Crippen molar-refractivity contribution in [2.45, 2.75) is 6.54 Å². The second-order valence-corrected chi connectivity index (χ2v) is 3.62. The molecular formula is C7H7BrN6O. The van der Waals surface area contributed by atoms with Crippen molar-refractivity contribution < 1.29 is 0 Å². The van der Waals surface area contributed by atoms with Crippen molar-refractivity contribution in [3.8, 4) is 0 Å². The molecule has 0 aromatic carbocycles. The van der Waals surface area contributed by atoms with Crippen molar-refractivity contribution in [1.29, 1.82) is 0 Å². The van der Waals surface area contributed by atoms with Gasteiger partial charge in [0.1, 0.15) is 5.82 Å². The number of nitrogens with one attached hydrogen (secondary N) is 3. The predicted octanol–water partition coefficient (Wildman–Crippen LogP) is 0.263. The van der Waals surface area contributed by atoms with Crippen LogP contribution in [0.1, 0.15) is 5.82 Å². The second kappa shape index (κ2) is 4.22. The molecule has 0 aliphatic heterocycles. The molecule has 2 heterocycles. The molecule has 0 radical (unpaired) electrons. The van der Waals surface area contributed by atoms with E-state index in [-0.39, 0.29) is 5.69 Å². The van der Waals surface area contributed by atoms with Gasteiger partial charge in [-0.1, -0.05) is 0 Å². The lowest BCUT2D eigenvalue weighted by Crippen LogP contribution is -2.06. The Morgan fingerprint density at radius 2 is 2.13 bits per heavy atom. The van der Waals surface area contributed by atoms with E-state index < -0.39 is 0 Å². The van der Waals surface area contributed by atoms with Gasteiger partial charge in [0.05, 0.1) is 11.0 Å². The third-order valence-electron chi connectivity index (χ3n) is 1.58. The zero-order chi connectivity index (χ0) is 10.7. The molecule has 0 bridgehead atoms. The normalized spacial score (nSPS) is 10.2. The molecule has 0 amide bonds. The van der Waals surface area contributed by atoms with Crippen molar-refractivity contribution >= 4 is 21.9 Å². The van der Waals surface area contributed by atoms with Crippen LogP contribution in [0.3, 0.4) is 0 Å². The largest absolute Gasteiger partial charge is 0.347 e. The molecule has 0 spiro atoms. The summed E-state index contributed by atoms with van der Waals surface area (Å²) in [5.74, 6) is 0.980. The Hall–Kier alpha value is -1.70. The van der Waals surface area contributed by atoms with E-state index in [1.165, 1.54) is 0 Å². The summed E-state index contributed by atoms with van der Waals surface area (Å²) >= 11 is 3.23. The Kier molecular flexibility index (Phi) is 2.77. The fourth-order valence-corrected chi connectivity index (χ4v) is 1.16. The van der Waals surface area contributed by atoms with Crippen LogP contribution in [-0.2, 0) is 6.54 Å². The molecule has 2 rings (SSSR count). The zero-order valence-corrected chi connectivity index (χ0v) is 9.08. The number of anilines is 1. The molecule has 15 heavy (non-hydrogen) atoms. The minimum atomic E-state index is -0.330. The van der Waals surface area contributed by atoms with Gasteiger partial charge in [-0.3, -0.25) is 4.98 Å². The van der Waals surface area contributed by atoms with E-state index in [4.69, 9.17) is 0 Å². The third kappa shape index (κ3) is 2.62. The summed E-state index contributed by atoms with van der Waals surface area (Å²) in [6.07, 6.45) is 3.26. The first-order chi connectivity index (χ1) is 7.24. The second-order valence-electron chi connectivity index (χ2n) is 2.70. The van der Waals surface area contributed by atoms with Crippen molar-refractivity contribution in [1.82, 2.24) is 25.1 Å². The van der Waals surface area contributed by atoms with Crippen LogP contribution < -0.4 is 11.0 Å². The monoisotopic (exact) mass is 270 g/mol. The summed E-state index contributed by atoms with van der Waals surface area (Å²) in [4.78, 5) is 21.2. The standard InChI is InChI=1S/C7H7BrN6O/c8-4-1-9-6(10-2-4)11-3-5-12-7(15)14-13-5/h1-2H,3H2,(H,9,10,11)(H2,12,13,14,15). The molecule has 8 heteroatoms. The minimum absolute atomic E-state index is 0.330. The lowest BCUT2D eigenvalue weighted by atomic mass is 10.6. The first-order valence-electron chi connectivity index (χ1n) is 4.09. The van der Waals surface area contributed by atoms with Crippen molar-refractivity contribution in [3.05, 3.63) is 33.2 Å². The van der Waals surface area contributed by atoms with E-state index >= 15 is 0 Å². The van der Waals surface area contributed by atoms with Gasteiger partial charge >= 0.3 is 5.69 Å². The van der Waals surface area contributed by atoms with Crippen LogP contribution >= 0.6 is 15.9 Å². The summed E-state index contributed by atoms with van der Waals surface area (Å²) in [6, 6.07) is 0. The fourth-order valence-electron chi connectivity index (χ4n) is 0.955. The van der Waals surface area contributed by atoms with Gasteiger partial charge in [0, 0.05) is 12.4 Å². The minimum Gasteiger partial charge on any atom is -0.347 e. The van der Waals surface area contributed by atoms with E-state index in [0.29, 0.717) is 18.3 Å². The molecule has 78 valence electrons. The molecule has 0 saturated heterocycles. The molecule has 0 atom stereocenters. The van der Waals surface area contributed by atoms with Crippen LogP contribution in [0.4, 0.5) is 5.95 Å². The molecule has 2 aromatic rings. The predicted molar refractivity (Wildman–Crippen MR) is 56.3 cm³/mol. The van der Waals surface area contributed by atoms with Gasteiger partial charge in [-0.05, 0) is 15.9 Å². The Morgan fingerprint density at radius 3 is 2.73 bits per heavy atom. The highest BCUT2D eigenvalue weighted by molar-refractivity contribution is 9.10. The quantitative estimate of drug-likeness (QED) is 0.743. The Balaban J connectivity index is 1.99. The molecular weight excluding hydrogens is 264 g/mol. The van der Waals surface area contributed by atoms with Crippen LogP contribution in [0, 0.1) is 0 Å². The lowest BCUT2D eigenvalue weighted by Gasteiger charge is -2.00. The first kappa shape index (κ1) is 9.84. The van der Waals surface area contributed by atoms with Crippen LogP contribution in [0.25, 0.3) is 0 Å². The Morgan fingerprint density at radius 1 is 1.40 bits per heavy atom. The van der Waals surface area contributed by atoms with Crippen molar-refractivity contribution in [2.24, 2.45) is 0 Å². The third-order valence-corrected chi connectivity index (χ3v) is 1.99. The van der Waals surface area contributed by atoms with E-state index in [2.05, 4.69) is 46.4 Å². The average Bonchev–Trinajstić information content (AvgIpc) is 2.64. The van der Waals surface area contributed by atoms with Crippen LogP contribution in [0.5, 0.6) is 0 Å². The van der Waals surface area contributed by atoms with Crippen LogP contribution in [-0.4, -0.2) is 25.1 Å². The number of halogens is 1. The fraction of sp³-hybridized carbons (Fsp3) is 0.143. The van der Waals surface area contributed by atoms with E-state index in [1.54, 1.807) is 12.4 Å². The highest BCUT2D eigenvalue weighted by atomic mass is 79.9. The molecule has 0 saturated carbocycles. The molecule has 3 N–H and O–H groups in total. The summed E-state index contributed by atoms with van der Waals surface area (Å²) < 4.78 is 0.807. The molecule has 0 aliphatic carbocycles. The first-order valence-corrected chi connectivity index (χ1v) is 4.88. The number of H-pyrrole nitrogens is 2. The summed E-state index contributed by atoms with van der Waals surface area (Å²) in [7, 11) is 0. The molecule has 0 fully saturated rings. The van der Waals surface area contributed by atoms with Gasteiger partial charge in [0.2, 0.25) is 5.95 Å². The average molecular weight is 271 g/mol. The maximum atomic E-state index is 10.7. The van der Waals surface area contributed by atoms with Crippen LogP contribution in [0.15, 0.2) is 21.7 Å². The number of hydrogen-bond donors (Lipinski definition) is 3. The number of rotatable bonds is 3. The molecule has 0 unspecified atom stereocenters. The summed E-state index contributed by atoms with van der Waals surface area (Å²) in [5, 5.41) is 8.90. The maximum Gasteiger partial charge on any atom is 0.340 e. The van der Waals surface area contributed by atoms with Gasteiger partial charge in [-0.15, -0.1) is 0 Å². The van der Waals surface area contributed by atoms with Gasteiger partial charge in [-0.25, -0.2) is 19.9 Å². The Labute approximate surface area is 92.5 Å². The Bertz CT molecular complexity index is 489. The number of hydrogen-bond acceptors (Lipinski definition) is 5. The van der Waals surface area contributed by atoms with Crippen molar-refractivity contribution in [3.63, 3.8) is 0 Å². The van der Waals surface area contributed by atoms with Gasteiger partial charge in [0.25, 0.3) is 0 Å². The number of nitrogens with zero attached hydrogens (tertiary/aromatic N) is 3. The highest BCUT2D eigenvalue weighted by Crippen LogP contribution is 2.06. The van der Waals surface area contributed by atoms with E-state index in [0.717, 1.165) is 4.47 Å². The van der Waals surface area contributed by atoms with Crippen molar-refractivity contribution in [2.75, 3.05) is 5.32 Å². The zero-order valence-electron chi connectivity index (χ0n) is 7.49. The van der Waals surface area contributed by atoms with Crippen LogP contribution in [0.2, 0.25) is 0 Å². The van der Waals surface area contributed by atoms with E-state index in [9.17, 15) is 4.79 Å². The lowest BCUT2D eigenvalue weighted by molar-refractivity contribution is 0.934. The maximum absolute atomic E-state index is 10.7. The SMILES string of the molecule is O=c1[nH]nc(CNc2ncc(Br)cn2)[nH]1. The van der Waals surface area contributed by atoms with Gasteiger partial charge in [-0.2, -0.15) is 5.10 Å². The van der Waals surface area contributed by atoms with Gasteiger partial charge < -0.3 is 5.32 Å².